The van der Waals surface area contributed by atoms with Crippen LogP contribution in [-0.4, -0.2) is 56.5 Å². The van der Waals surface area contributed by atoms with Crippen LogP contribution in [0.1, 0.15) is 45.3 Å². The molecular formula is C26H33N7O2. The Kier molecular flexibility index (Phi) is 7.14. The van der Waals surface area contributed by atoms with Crippen LogP contribution in [0.3, 0.4) is 0 Å². The Morgan fingerprint density at radius 1 is 1.03 bits per heavy atom. The van der Waals surface area contributed by atoms with Crippen LogP contribution < -0.4 is 15.8 Å². The van der Waals surface area contributed by atoms with Crippen molar-refractivity contribution in [1.82, 2.24) is 24.4 Å². The number of carbonyl (C=O) groups excluding carboxylic acids is 1. The standard InChI is InChI=1S/C26H33N7O2/c1-6-23(34)32-13-11-31(12-14-32)22-9-7-20(15-27-22)18(4)29-26-28-16-21-8-10-24(35)33(25(21)30-26)19(5)17(2)3/h6-10,15-19H,1,11-14H2,2-5H3,(H,28,29,30). The van der Waals surface area contributed by atoms with Gasteiger partial charge in [-0.2, -0.15) is 4.98 Å². The molecule has 1 aliphatic heterocycles. The van der Waals surface area contributed by atoms with Gasteiger partial charge in [-0.1, -0.05) is 26.5 Å². The van der Waals surface area contributed by atoms with E-state index in [2.05, 4.69) is 40.6 Å². The topological polar surface area (TPSA) is 96.2 Å². The number of anilines is 2. The molecule has 35 heavy (non-hydrogen) atoms. The predicted octanol–water partition coefficient (Wildman–Crippen LogP) is 3.41. The van der Waals surface area contributed by atoms with Crippen molar-refractivity contribution in [3.05, 3.63) is 65.2 Å². The fraction of sp³-hybridized carbons (Fsp3) is 0.423. The lowest BCUT2D eigenvalue weighted by Gasteiger charge is -2.35. The summed E-state index contributed by atoms with van der Waals surface area (Å²) in [5.41, 5.74) is 1.57. The van der Waals surface area contributed by atoms with Crippen molar-refractivity contribution in [2.45, 2.75) is 39.8 Å². The number of aromatic nitrogens is 4. The van der Waals surface area contributed by atoms with E-state index in [1.807, 2.05) is 32.2 Å². The normalized spacial score (nSPS) is 15.8. The van der Waals surface area contributed by atoms with E-state index in [-0.39, 0.29) is 23.6 Å². The van der Waals surface area contributed by atoms with Crippen molar-refractivity contribution in [3.8, 4) is 0 Å². The lowest BCUT2D eigenvalue weighted by atomic mass is 10.1. The molecule has 4 rings (SSSR count). The SMILES string of the molecule is C=CC(=O)N1CCN(c2ccc(C(C)Nc3ncc4ccc(=O)n(C(C)C(C)C)c4n3)cn2)CC1. The minimum absolute atomic E-state index is 0.0138. The minimum Gasteiger partial charge on any atom is -0.353 e. The summed E-state index contributed by atoms with van der Waals surface area (Å²) in [6, 6.07) is 7.32. The summed E-state index contributed by atoms with van der Waals surface area (Å²) in [6.45, 7) is 14.6. The van der Waals surface area contributed by atoms with Gasteiger partial charge in [-0.15, -0.1) is 0 Å². The molecule has 1 N–H and O–H groups in total. The second-order valence-electron chi connectivity index (χ2n) is 9.33. The fourth-order valence-corrected chi connectivity index (χ4v) is 4.20. The first-order valence-corrected chi connectivity index (χ1v) is 12.1. The van der Waals surface area contributed by atoms with E-state index in [4.69, 9.17) is 4.98 Å². The quantitative estimate of drug-likeness (QED) is 0.523. The smallest absolute Gasteiger partial charge is 0.252 e. The second-order valence-corrected chi connectivity index (χ2v) is 9.33. The van der Waals surface area contributed by atoms with Gasteiger partial charge in [-0.3, -0.25) is 14.2 Å². The maximum atomic E-state index is 12.6. The average molecular weight is 476 g/mol. The number of nitrogens with one attached hydrogen (secondary N) is 1. The first kappa shape index (κ1) is 24.4. The number of nitrogens with zero attached hydrogens (tertiary/aromatic N) is 6. The van der Waals surface area contributed by atoms with E-state index in [1.165, 1.54) is 6.08 Å². The van der Waals surface area contributed by atoms with Crippen LogP contribution in [0.5, 0.6) is 0 Å². The third kappa shape index (κ3) is 5.18. The molecule has 9 heteroatoms. The van der Waals surface area contributed by atoms with Gasteiger partial charge in [-0.25, -0.2) is 9.97 Å². The molecule has 1 saturated heterocycles. The number of hydrogen-bond donors (Lipinski definition) is 1. The Hall–Kier alpha value is -3.75. The van der Waals surface area contributed by atoms with Crippen LogP contribution in [0.2, 0.25) is 0 Å². The van der Waals surface area contributed by atoms with Gasteiger partial charge in [-0.05, 0) is 43.5 Å². The molecule has 0 aromatic carbocycles. The average Bonchev–Trinajstić information content (AvgIpc) is 2.88. The van der Waals surface area contributed by atoms with Crippen molar-refractivity contribution in [2.24, 2.45) is 5.92 Å². The van der Waals surface area contributed by atoms with E-state index in [1.54, 1.807) is 27.8 Å². The van der Waals surface area contributed by atoms with E-state index >= 15 is 0 Å². The number of piperazine rings is 1. The van der Waals surface area contributed by atoms with Crippen LogP contribution in [0.15, 0.2) is 54.1 Å². The summed E-state index contributed by atoms with van der Waals surface area (Å²) in [5.74, 6) is 1.62. The highest BCUT2D eigenvalue weighted by molar-refractivity contribution is 5.87. The van der Waals surface area contributed by atoms with E-state index in [0.29, 0.717) is 30.6 Å². The summed E-state index contributed by atoms with van der Waals surface area (Å²) in [5, 5.41) is 4.17. The summed E-state index contributed by atoms with van der Waals surface area (Å²) >= 11 is 0. The van der Waals surface area contributed by atoms with Gasteiger partial charge < -0.3 is 15.1 Å². The molecule has 9 nitrogen and oxygen atoms in total. The highest BCUT2D eigenvalue weighted by atomic mass is 16.2. The molecule has 0 radical (unpaired) electrons. The van der Waals surface area contributed by atoms with Crippen LogP contribution >= 0.6 is 0 Å². The van der Waals surface area contributed by atoms with Gasteiger partial charge in [0.1, 0.15) is 11.5 Å². The van der Waals surface area contributed by atoms with Crippen LogP contribution in [-0.2, 0) is 4.79 Å². The largest absolute Gasteiger partial charge is 0.353 e. The molecule has 2 atom stereocenters. The summed E-state index contributed by atoms with van der Waals surface area (Å²) in [6.07, 6.45) is 4.96. The van der Waals surface area contributed by atoms with E-state index in [0.717, 1.165) is 29.9 Å². The van der Waals surface area contributed by atoms with E-state index < -0.39 is 0 Å². The molecule has 1 fully saturated rings. The number of rotatable bonds is 7. The number of carbonyl (C=O) groups is 1. The second kappa shape index (κ2) is 10.2. The monoisotopic (exact) mass is 475 g/mol. The summed E-state index contributed by atoms with van der Waals surface area (Å²) < 4.78 is 1.75. The van der Waals surface area contributed by atoms with Crippen molar-refractivity contribution in [3.63, 3.8) is 0 Å². The maximum Gasteiger partial charge on any atom is 0.252 e. The Morgan fingerprint density at radius 3 is 2.40 bits per heavy atom. The van der Waals surface area contributed by atoms with Crippen LogP contribution in [0.4, 0.5) is 11.8 Å². The number of hydrogen-bond acceptors (Lipinski definition) is 7. The maximum absolute atomic E-state index is 12.6. The lowest BCUT2D eigenvalue weighted by Crippen LogP contribution is -2.48. The first-order chi connectivity index (χ1) is 16.8. The highest BCUT2D eigenvalue weighted by Crippen LogP contribution is 2.23. The van der Waals surface area contributed by atoms with Crippen molar-refractivity contribution >= 4 is 28.7 Å². The van der Waals surface area contributed by atoms with Gasteiger partial charge in [0.25, 0.3) is 5.56 Å². The van der Waals surface area contributed by atoms with Crippen LogP contribution in [0.25, 0.3) is 11.0 Å². The highest BCUT2D eigenvalue weighted by Gasteiger charge is 2.21. The molecule has 2 unspecified atom stereocenters. The Morgan fingerprint density at radius 2 is 1.77 bits per heavy atom. The van der Waals surface area contributed by atoms with Gasteiger partial charge in [0.15, 0.2) is 0 Å². The van der Waals surface area contributed by atoms with Crippen molar-refractivity contribution in [2.75, 3.05) is 36.4 Å². The lowest BCUT2D eigenvalue weighted by molar-refractivity contribution is -0.126. The molecule has 0 saturated carbocycles. The molecule has 1 amide bonds. The third-order valence-electron chi connectivity index (χ3n) is 6.75. The number of fused-ring (bicyclic) bond motifs is 1. The predicted molar refractivity (Wildman–Crippen MR) is 139 cm³/mol. The molecule has 1 aliphatic rings. The molecule has 4 heterocycles. The van der Waals surface area contributed by atoms with Gasteiger partial charge in [0.05, 0.1) is 6.04 Å². The molecule has 0 bridgehead atoms. The Labute approximate surface area is 205 Å². The van der Waals surface area contributed by atoms with Crippen molar-refractivity contribution < 1.29 is 4.79 Å². The zero-order chi connectivity index (χ0) is 25.1. The number of pyridine rings is 2. The van der Waals surface area contributed by atoms with Gasteiger partial charge >= 0.3 is 0 Å². The summed E-state index contributed by atoms with van der Waals surface area (Å²) in [7, 11) is 0. The van der Waals surface area contributed by atoms with E-state index in [9.17, 15) is 9.59 Å². The Balaban J connectivity index is 1.48. The first-order valence-electron chi connectivity index (χ1n) is 12.1. The number of amides is 1. The van der Waals surface area contributed by atoms with Crippen molar-refractivity contribution in [1.29, 1.82) is 0 Å². The zero-order valence-electron chi connectivity index (χ0n) is 20.8. The molecule has 0 spiro atoms. The molecular weight excluding hydrogens is 442 g/mol. The molecule has 3 aromatic heterocycles. The summed E-state index contributed by atoms with van der Waals surface area (Å²) in [4.78, 5) is 42.2. The molecule has 3 aromatic rings. The minimum atomic E-state index is -0.0810. The Bertz CT molecular complexity index is 1260. The van der Waals surface area contributed by atoms with Gasteiger partial charge in [0, 0.05) is 56.1 Å². The van der Waals surface area contributed by atoms with Gasteiger partial charge in [0.2, 0.25) is 11.9 Å². The zero-order valence-corrected chi connectivity index (χ0v) is 20.8. The third-order valence-corrected chi connectivity index (χ3v) is 6.75. The van der Waals surface area contributed by atoms with Crippen LogP contribution in [0, 0.1) is 5.92 Å². The molecule has 0 aliphatic carbocycles. The molecule has 184 valence electrons. The fourth-order valence-electron chi connectivity index (χ4n) is 4.20.